The molecule has 0 radical (unpaired) electrons. The number of hydrogen-bond donors (Lipinski definition) is 1. The molecule has 1 atom stereocenters. The van der Waals surface area contributed by atoms with Gasteiger partial charge in [0.05, 0.1) is 12.7 Å². The van der Waals surface area contributed by atoms with Gasteiger partial charge in [0.2, 0.25) is 0 Å². The SMILES string of the molecule is N#CC(Nc1cccc(F)c1)c1ccc2c(c1)CCO2. The molecule has 0 fully saturated rings. The first-order valence-corrected chi connectivity index (χ1v) is 6.43. The van der Waals surface area contributed by atoms with Crippen LogP contribution in [-0.2, 0) is 6.42 Å². The monoisotopic (exact) mass is 268 g/mol. The molecule has 0 aliphatic carbocycles. The molecule has 0 amide bonds. The lowest BCUT2D eigenvalue weighted by molar-refractivity contribution is 0.357. The molecule has 3 rings (SSSR count). The van der Waals surface area contributed by atoms with Gasteiger partial charge in [-0.05, 0) is 41.5 Å². The molecule has 0 saturated carbocycles. The molecule has 0 saturated heterocycles. The van der Waals surface area contributed by atoms with Crippen LogP contribution in [0.3, 0.4) is 0 Å². The highest BCUT2D eigenvalue weighted by Crippen LogP contribution is 2.29. The van der Waals surface area contributed by atoms with Crippen molar-refractivity contribution in [3.63, 3.8) is 0 Å². The van der Waals surface area contributed by atoms with Crippen molar-refractivity contribution >= 4 is 5.69 Å². The van der Waals surface area contributed by atoms with Gasteiger partial charge in [0.15, 0.2) is 0 Å². The summed E-state index contributed by atoms with van der Waals surface area (Å²) in [5.41, 5.74) is 2.57. The molecule has 1 N–H and O–H groups in total. The van der Waals surface area contributed by atoms with Crippen LogP contribution in [0.25, 0.3) is 0 Å². The zero-order valence-corrected chi connectivity index (χ0v) is 10.8. The van der Waals surface area contributed by atoms with E-state index in [1.54, 1.807) is 12.1 Å². The fraction of sp³-hybridized carbons (Fsp3) is 0.188. The second-order valence-corrected chi connectivity index (χ2v) is 4.68. The third-order valence-electron chi connectivity index (χ3n) is 3.31. The van der Waals surface area contributed by atoms with Gasteiger partial charge in [-0.2, -0.15) is 5.26 Å². The average Bonchev–Trinajstić information content (AvgIpc) is 2.92. The van der Waals surface area contributed by atoms with Crippen LogP contribution in [0.5, 0.6) is 5.75 Å². The number of halogens is 1. The maximum absolute atomic E-state index is 13.2. The summed E-state index contributed by atoms with van der Waals surface area (Å²) in [6.45, 7) is 0.688. The Hall–Kier alpha value is -2.54. The predicted octanol–water partition coefficient (Wildman–Crippen LogP) is 3.44. The molecule has 20 heavy (non-hydrogen) atoms. The van der Waals surface area contributed by atoms with Gasteiger partial charge < -0.3 is 10.1 Å². The molecule has 1 heterocycles. The number of nitrogens with zero attached hydrogens (tertiary/aromatic N) is 1. The third-order valence-corrected chi connectivity index (χ3v) is 3.31. The van der Waals surface area contributed by atoms with E-state index < -0.39 is 6.04 Å². The second kappa shape index (κ2) is 5.22. The Kier molecular flexibility index (Phi) is 3.26. The van der Waals surface area contributed by atoms with Gasteiger partial charge in [-0.25, -0.2) is 4.39 Å². The van der Waals surface area contributed by atoms with Gasteiger partial charge in [-0.3, -0.25) is 0 Å². The van der Waals surface area contributed by atoms with Gasteiger partial charge in [0.25, 0.3) is 0 Å². The number of anilines is 1. The Morgan fingerprint density at radius 3 is 2.95 bits per heavy atom. The number of benzene rings is 2. The predicted molar refractivity (Wildman–Crippen MR) is 74.0 cm³/mol. The molecule has 0 bridgehead atoms. The molecule has 1 aliphatic rings. The summed E-state index contributed by atoms with van der Waals surface area (Å²) in [5.74, 6) is 0.560. The van der Waals surface area contributed by atoms with Crippen LogP contribution in [0.15, 0.2) is 42.5 Å². The van der Waals surface area contributed by atoms with Crippen LogP contribution in [0.1, 0.15) is 17.2 Å². The molecular formula is C16H13FN2O. The molecule has 0 spiro atoms. The number of rotatable bonds is 3. The van der Waals surface area contributed by atoms with Crippen LogP contribution >= 0.6 is 0 Å². The van der Waals surface area contributed by atoms with E-state index in [2.05, 4.69) is 11.4 Å². The topological polar surface area (TPSA) is 45.0 Å². The first-order chi connectivity index (χ1) is 9.76. The van der Waals surface area contributed by atoms with E-state index in [4.69, 9.17) is 4.74 Å². The largest absolute Gasteiger partial charge is 0.493 e. The molecule has 100 valence electrons. The van der Waals surface area contributed by atoms with Crippen LogP contribution in [0.4, 0.5) is 10.1 Å². The highest BCUT2D eigenvalue weighted by molar-refractivity contribution is 5.49. The summed E-state index contributed by atoms with van der Waals surface area (Å²) in [6.07, 6.45) is 0.862. The highest BCUT2D eigenvalue weighted by Gasteiger charge is 2.16. The minimum absolute atomic E-state index is 0.325. The molecule has 1 aliphatic heterocycles. The summed E-state index contributed by atoms with van der Waals surface area (Å²) in [6, 6.07) is 13.5. The van der Waals surface area contributed by atoms with Gasteiger partial charge in [0.1, 0.15) is 17.6 Å². The standard InChI is InChI=1S/C16H13FN2O/c17-13-2-1-3-14(9-13)19-15(10-18)11-4-5-16-12(8-11)6-7-20-16/h1-5,8-9,15,19H,6-7H2. The van der Waals surface area contributed by atoms with Crippen LogP contribution in [0, 0.1) is 17.1 Å². The van der Waals surface area contributed by atoms with E-state index in [1.165, 1.54) is 12.1 Å². The third kappa shape index (κ3) is 2.43. The molecule has 0 aromatic heterocycles. The van der Waals surface area contributed by atoms with Crippen molar-refractivity contribution in [1.29, 1.82) is 5.26 Å². The Bertz CT molecular complexity index is 678. The number of fused-ring (bicyclic) bond motifs is 1. The number of nitrogens with one attached hydrogen (secondary N) is 1. The Morgan fingerprint density at radius 1 is 1.25 bits per heavy atom. The molecule has 4 heteroatoms. The van der Waals surface area contributed by atoms with Gasteiger partial charge in [-0.1, -0.05) is 12.1 Å². The van der Waals surface area contributed by atoms with Crippen molar-refractivity contribution in [2.75, 3.05) is 11.9 Å². The van der Waals surface area contributed by atoms with Crippen LogP contribution < -0.4 is 10.1 Å². The van der Waals surface area contributed by atoms with E-state index in [-0.39, 0.29) is 5.82 Å². The van der Waals surface area contributed by atoms with Gasteiger partial charge >= 0.3 is 0 Å². The van der Waals surface area contributed by atoms with E-state index in [1.807, 2.05) is 18.2 Å². The normalized spacial score (nSPS) is 14.0. The van der Waals surface area contributed by atoms with Crippen LogP contribution in [0.2, 0.25) is 0 Å². The van der Waals surface area contributed by atoms with Crippen molar-refractivity contribution < 1.29 is 9.13 Å². The lowest BCUT2D eigenvalue weighted by Crippen LogP contribution is -2.08. The lowest BCUT2D eigenvalue weighted by Gasteiger charge is -2.14. The van der Waals surface area contributed by atoms with Crippen molar-refractivity contribution in [2.24, 2.45) is 0 Å². The maximum atomic E-state index is 13.2. The van der Waals surface area contributed by atoms with Crippen molar-refractivity contribution in [2.45, 2.75) is 12.5 Å². The second-order valence-electron chi connectivity index (χ2n) is 4.68. The Balaban J connectivity index is 1.85. The maximum Gasteiger partial charge on any atom is 0.140 e. The molecule has 3 nitrogen and oxygen atoms in total. The summed E-state index contributed by atoms with van der Waals surface area (Å²) >= 11 is 0. The molecular weight excluding hydrogens is 255 g/mol. The van der Waals surface area contributed by atoms with Gasteiger partial charge in [0, 0.05) is 12.1 Å². The van der Waals surface area contributed by atoms with E-state index in [9.17, 15) is 9.65 Å². The zero-order valence-electron chi connectivity index (χ0n) is 10.8. The fourth-order valence-electron chi connectivity index (χ4n) is 2.32. The average molecular weight is 268 g/mol. The zero-order chi connectivity index (χ0) is 13.9. The minimum Gasteiger partial charge on any atom is -0.493 e. The van der Waals surface area contributed by atoms with Crippen molar-refractivity contribution in [3.05, 3.63) is 59.4 Å². The summed E-state index contributed by atoms with van der Waals surface area (Å²) < 4.78 is 18.6. The minimum atomic E-state index is -0.511. The molecule has 2 aromatic rings. The van der Waals surface area contributed by atoms with Gasteiger partial charge in [-0.15, -0.1) is 0 Å². The number of ether oxygens (including phenoxy) is 1. The Labute approximate surface area is 116 Å². The fourth-order valence-corrected chi connectivity index (χ4v) is 2.32. The van der Waals surface area contributed by atoms with E-state index in [0.717, 1.165) is 23.3 Å². The smallest absolute Gasteiger partial charge is 0.140 e. The first kappa shape index (κ1) is 12.5. The van der Waals surface area contributed by atoms with Crippen molar-refractivity contribution in [1.82, 2.24) is 0 Å². The highest BCUT2D eigenvalue weighted by atomic mass is 19.1. The molecule has 2 aromatic carbocycles. The van der Waals surface area contributed by atoms with E-state index in [0.29, 0.717) is 12.3 Å². The van der Waals surface area contributed by atoms with Crippen LogP contribution in [-0.4, -0.2) is 6.61 Å². The summed E-state index contributed by atoms with van der Waals surface area (Å²) in [7, 11) is 0. The van der Waals surface area contributed by atoms with E-state index >= 15 is 0 Å². The Morgan fingerprint density at radius 2 is 2.15 bits per heavy atom. The summed E-state index contributed by atoms with van der Waals surface area (Å²) in [5, 5.41) is 12.4. The lowest BCUT2D eigenvalue weighted by atomic mass is 10.0. The quantitative estimate of drug-likeness (QED) is 0.927. The summed E-state index contributed by atoms with van der Waals surface area (Å²) in [4.78, 5) is 0. The number of nitriles is 1. The molecule has 1 unspecified atom stereocenters. The first-order valence-electron chi connectivity index (χ1n) is 6.43. The van der Waals surface area contributed by atoms with Crippen molar-refractivity contribution in [3.8, 4) is 11.8 Å². The number of hydrogen-bond acceptors (Lipinski definition) is 3.